The molecule has 0 radical (unpaired) electrons. The van der Waals surface area contributed by atoms with Crippen molar-refractivity contribution in [3.63, 3.8) is 0 Å². The van der Waals surface area contributed by atoms with Gasteiger partial charge in [-0.15, -0.1) is 0 Å². The maximum Gasteiger partial charge on any atom is 0.314 e. The molecule has 0 aliphatic carbocycles. The van der Waals surface area contributed by atoms with E-state index in [2.05, 4.69) is 6.92 Å². The van der Waals surface area contributed by atoms with E-state index in [9.17, 15) is 9.90 Å². The molecule has 0 aliphatic rings. The van der Waals surface area contributed by atoms with Gasteiger partial charge in [0.25, 0.3) is 0 Å². The molecule has 3 nitrogen and oxygen atoms in total. The first-order valence-corrected chi connectivity index (χ1v) is 6.56. The van der Waals surface area contributed by atoms with E-state index in [0.29, 0.717) is 0 Å². The molecule has 1 unspecified atom stereocenters. The molecular formula is C13H18O3S. The molecule has 1 rings (SSSR count). The minimum absolute atomic E-state index is 0.138. The molecule has 1 atom stereocenters. The van der Waals surface area contributed by atoms with Crippen LogP contribution in [0.4, 0.5) is 0 Å². The van der Waals surface area contributed by atoms with Crippen molar-refractivity contribution in [2.75, 3.05) is 0 Å². The number of carbonyl (C=O) groups is 1. The van der Waals surface area contributed by atoms with Gasteiger partial charge in [0.1, 0.15) is 5.75 Å². The number of aromatic hydroxyl groups is 1. The highest BCUT2D eigenvalue weighted by molar-refractivity contribution is 7.95. The molecule has 94 valence electrons. The number of benzene rings is 1. The first kappa shape index (κ1) is 13.9. The van der Waals surface area contributed by atoms with Crippen LogP contribution in [-0.2, 0) is 8.98 Å². The van der Waals surface area contributed by atoms with Crippen LogP contribution < -0.4 is 0 Å². The molecule has 0 aliphatic heterocycles. The van der Waals surface area contributed by atoms with E-state index in [4.69, 9.17) is 4.18 Å². The molecule has 0 spiro atoms. The second-order valence-electron chi connectivity index (χ2n) is 3.89. The standard InChI is InChI=1S/C13H18O3S/c1-3-4-5-13(17-16-10(2)14)11-6-8-12(15)9-7-11/h6-9,13,15H,3-5H2,1-2H3. The van der Waals surface area contributed by atoms with E-state index < -0.39 is 0 Å². The quantitative estimate of drug-likeness (QED) is 0.784. The first-order valence-electron chi connectivity index (χ1n) is 5.76. The summed E-state index contributed by atoms with van der Waals surface area (Å²) in [6, 6.07) is 7.05. The number of carbonyl (C=O) groups excluding carboxylic acids is 1. The van der Waals surface area contributed by atoms with Gasteiger partial charge in [0, 0.05) is 6.92 Å². The summed E-state index contributed by atoms with van der Waals surface area (Å²) < 4.78 is 5.00. The summed E-state index contributed by atoms with van der Waals surface area (Å²) in [5.41, 5.74) is 1.07. The van der Waals surface area contributed by atoms with Crippen LogP contribution in [-0.4, -0.2) is 11.1 Å². The zero-order valence-electron chi connectivity index (χ0n) is 10.2. The van der Waals surface area contributed by atoms with Gasteiger partial charge in [-0.25, -0.2) is 0 Å². The van der Waals surface area contributed by atoms with Crippen LogP contribution in [0, 0.1) is 0 Å². The first-order chi connectivity index (χ1) is 8.13. The Morgan fingerprint density at radius 1 is 1.41 bits per heavy atom. The lowest BCUT2D eigenvalue weighted by Crippen LogP contribution is -1.98. The van der Waals surface area contributed by atoms with Gasteiger partial charge in [-0.3, -0.25) is 4.79 Å². The summed E-state index contributed by atoms with van der Waals surface area (Å²) >= 11 is 1.20. The van der Waals surface area contributed by atoms with Crippen LogP contribution in [0.3, 0.4) is 0 Å². The minimum atomic E-state index is -0.282. The molecule has 0 amide bonds. The summed E-state index contributed by atoms with van der Waals surface area (Å²) in [7, 11) is 0. The van der Waals surface area contributed by atoms with E-state index in [1.807, 2.05) is 12.1 Å². The maximum absolute atomic E-state index is 10.8. The Morgan fingerprint density at radius 2 is 2.06 bits per heavy atom. The fourth-order valence-corrected chi connectivity index (χ4v) is 2.26. The Balaban J connectivity index is 2.67. The van der Waals surface area contributed by atoms with Crippen LogP contribution >= 0.6 is 12.0 Å². The fraction of sp³-hybridized carbons (Fsp3) is 0.462. The van der Waals surface area contributed by atoms with E-state index >= 15 is 0 Å². The van der Waals surface area contributed by atoms with E-state index in [0.717, 1.165) is 24.8 Å². The second-order valence-corrected chi connectivity index (χ2v) is 4.82. The van der Waals surface area contributed by atoms with Gasteiger partial charge < -0.3 is 9.29 Å². The van der Waals surface area contributed by atoms with Crippen molar-refractivity contribution in [2.45, 2.75) is 38.4 Å². The predicted molar refractivity (Wildman–Crippen MR) is 69.7 cm³/mol. The predicted octanol–water partition coefficient (Wildman–Crippen LogP) is 3.83. The molecule has 1 aromatic carbocycles. The largest absolute Gasteiger partial charge is 0.508 e. The summed E-state index contributed by atoms with van der Waals surface area (Å²) in [6.45, 7) is 3.53. The Morgan fingerprint density at radius 3 is 2.59 bits per heavy atom. The fourth-order valence-electron chi connectivity index (χ4n) is 1.47. The van der Waals surface area contributed by atoms with Crippen LogP contribution in [0.15, 0.2) is 24.3 Å². The van der Waals surface area contributed by atoms with Gasteiger partial charge in [0.2, 0.25) is 0 Å². The van der Waals surface area contributed by atoms with Gasteiger partial charge in [0.05, 0.1) is 17.3 Å². The van der Waals surface area contributed by atoms with Crippen molar-refractivity contribution >= 4 is 18.0 Å². The Kier molecular flexibility index (Phi) is 5.91. The molecule has 0 aromatic heterocycles. The average molecular weight is 254 g/mol. The van der Waals surface area contributed by atoms with Gasteiger partial charge >= 0.3 is 5.97 Å². The molecule has 0 saturated heterocycles. The van der Waals surface area contributed by atoms with Gasteiger partial charge in [-0.1, -0.05) is 31.9 Å². The smallest absolute Gasteiger partial charge is 0.314 e. The Labute approximate surface area is 106 Å². The van der Waals surface area contributed by atoms with Gasteiger partial charge in [0.15, 0.2) is 0 Å². The number of hydrogen-bond acceptors (Lipinski definition) is 4. The topological polar surface area (TPSA) is 46.5 Å². The van der Waals surface area contributed by atoms with Gasteiger partial charge in [-0.2, -0.15) is 0 Å². The molecule has 0 saturated carbocycles. The number of phenols is 1. The van der Waals surface area contributed by atoms with Crippen LogP contribution in [0.1, 0.15) is 43.9 Å². The third-order valence-corrected chi connectivity index (χ3v) is 3.44. The molecule has 1 N–H and O–H groups in total. The summed E-state index contributed by atoms with van der Waals surface area (Å²) in [4.78, 5) is 10.8. The van der Waals surface area contributed by atoms with Crippen molar-refractivity contribution in [3.8, 4) is 5.75 Å². The van der Waals surface area contributed by atoms with Crippen molar-refractivity contribution in [2.24, 2.45) is 0 Å². The molecular weight excluding hydrogens is 236 g/mol. The number of hydrogen-bond donors (Lipinski definition) is 1. The average Bonchev–Trinajstić information content (AvgIpc) is 2.30. The summed E-state index contributed by atoms with van der Waals surface area (Å²) in [5, 5.41) is 9.38. The lowest BCUT2D eigenvalue weighted by Gasteiger charge is -2.15. The molecule has 0 bridgehead atoms. The highest BCUT2D eigenvalue weighted by atomic mass is 32.2. The van der Waals surface area contributed by atoms with Crippen LogP contribution in [0.2, 0.25) is 0 Å². The summed E-state index contributed by atoms with van der Waals surface area (Å²) in [6.07, 6.45) is 3.15. The zero-order chi connectivity index (χ0) is 12.7. The molecule has 0 heterocycles. The Bertz CT molecular complexity index is 348. The monoisotopic (exact) mass is 254 g/mol. The second kappa shape index (κ2) is 7.22. The molecule has 4 heteroatoms. The number of rotatable bonds is 6. The van der Waals surface area contributed by atoms with Crippen LogP contribution in [0.25, 0.3) is 0 Å². The van der Waals surface area contributed by atoms with E-state index in [-0.39, 0.29) is 17.0 Å². The minimum Gasteiger partial charge on any atom is -0.508 e. The van der Waals surface area contributed by atoms with E-state index in [1.54, 1.807) is 12.1 Å². The van der Waals surface area contributed by atoms with Crippen molar-refractivity contribution in [1.82, 2.24) is 0 Å². The molecule has 1 aromatic rings. The summed E-state index contributed by atoms with van der Waals surface area (Å²) in [5.74, 6) is -0.0317. The SMILES string of the molecule is CCCCC(SOC(C)=O)c1ccc(O)cc1. The third kappa shape index (κ3) is 5.13. The maximum atomic E-state index is 10.8. The number of unbranched alkanes of at least 4 members (excludes halogenated alkanes) is 1. The van der Waals surface area contributed by atoms with E-state index in [1.165, 1.54) is 19.0 Å². The zero-order valence-corrected chi connectivity index (χ0v) is 11.0. The van der Waals surface area contributed by atoms with Crippen LogP contribution in [0.5, 0.6) is 5.75 Å². The normalized spacial score (nSPS) is 12.1. The molecule has 0 fully saturated rings. The molecule has 17 heavy (non-hydrogen) atoms. The Hall–Kier alpha value is -1.16. The lowest BCUT2D eigenvalue weighted by atomic mass is 10.1. The highest BCUT2D eigenvalue weighted by Crippen LogP contribution is 2.34. The van der Waals surface area contributed by atoms with Crippen molar-refractivity contribution in [3.05, 3.63) is 29.8 Å². The third-order valence-electron chi connectivity index (χ3n) is 2.37. The lowest BCUT2D eigenvalue weighted by molar-refractivity contribution is -0.130. The highest BCUT2D eigenvalue weighted by Gasteiger charge is 2.14. The van der Waals surface area contributed by atoms with Crippen molar-refractivity contribution in [1.29, 1.82) is 0 Å². The number of phenolic OH excluding ortho intramolecular Hbond substituents is 1. The van der Waals surface area contributed by atoms with Gasteiger partial charge in [-0.05, 0) is 24.1 Å². The van der Waals surface area contributed by atoms with Crippen molar-refractivity contribution < 1.29 is 14.1 Å².